The molecule has 4 nitrogen and oxygen atoms in total. The summed E-state index contributed by atoms with van der Waals surface area (Å²) in [6.07, 6.45) is 4.02. The van der Waals surface area contributed by atoms with E-state index in [4.69, 9.17) is 0 Å². The second-order valence-corrected chi connectivity index (χ2v) is 6.68. The molecular weight excluding hydrogens is 272 g/mol. The lowest BCUT2D eigenvalue weighted by molar-refractivity contribution is -0.138. The minimum Gasteiger partial charge on any atom is -0.340 e. The highest BCUT2D eigenvalue weighted by Gasteiger charge is 2.46. The molecule has 2 aliphatic heterocycles. The van der Waals surface area contributed by atoms with Crippen molar-refractivity contribution in [2.24, 2.45) is 0 Å². The Morgan fingerprint density at radius 3 is 2.95 bits per heavy atom. The average molecular weight is 292 g/mol. The van der Waals surface area contributed by atoms with Gasteiger partial charge in [0.15, 0.2) is 0 Å². The molecule has 0 aromatic carbocycles. The molecule has 1 aromatic heterocycles. The highest BCUT2D eigenvalue weighted by Crippen LogP contribution is 2.36. The van der Waals surface area contributed by atoms with Crippen molar-refractivity contribution in [3.63, 3.8) is 0 Å². The van der Waals surface area contributed by atoms with Gasteiger partial charge in [-0.2, -0.15) is 11.3 Å². The predicted molar refractivity (Wildman–Crippen MR) is 78.6 cm³/mol. The lowest BCUT2D eigenvalue weighted by Crippen LogP contribution is -2.56. The van der Waals surface area contributed by atoms with Gasteiger partial charge >= 0.3 is 0 Å². The minimum absolute atomic E-state index is 0.0976. The standard InChI is InChI=1S/C15H20N2O2S/c1-16-13(18)3-6-15(16)5-2-7-17(11-15)14(19)9-12-4-8-20-10-12/h4,8,10H,2-3,5-7,9,11H2,1H3/t15-/m0/s1. The van der Waals surface area contributed by atoms with Crippen LogP contribution in [0, 0.1) is 0 Å². The van der Waals surface area contributed by atoms with Crippen LogP contribution in [-0.2, 0) is 16.0 Å². The first-order valence-electron chi connectivity index (χ1n) is 7.16. The zero-order valence-corrected chi connectivity index (χ0v) is 12.6. The molecule has 20 heavy (non-hydrogen) atoms. The summed E-state index contributed by atoms with van der Waals surface area (Å²) >= 11 is 1.62. The fourth-order valence-corrected chi connectivity index (χ4v) is 4.09. The zero-order chi connectivity index (χ0) is 14.2. The van der Waals surface area contributed by atoms with E-state index in [9.17, 15) is 9.59 Å². The second-order valence-electron chi connectivity index (χ2n) is 5.90. The highest BCUT2D eigenvalue weighted by molar-refractivity contribution is 7.07. The van der Waals surface area contributed by atoms with Crippen molar-refractivity contribution in [3.05, 3.63) is 22.4 Å². The first-order chi connectivity index (χ1) is 9.61. The summed E-state index contributed by atoms with van der Waals surface area (Å²) in [7, 11) is 1.89. The van der Waals surface area contributed by atoms with Gasteiger partial charge in [-0.25, -0.2) is 0 Å². The van der Waals surface area contributed by atoms with Gasteiger partial charge in [0, 0.05) is 26.6 Å². The van der Waals surface area contributed by atoms with Gasteiger partial charge in [0.1, 0.15) is 0 Å². The lowest BCUT2D eigenvalue weighted by atomic mass is 9.86. The number of thiophene rings is 1. The normalized spacial score (nSPS) is 26.6. The quantitative estimate of drug-likeness (QED) is 0.835. The van der Waals surface area contributed by atoms with Crippen molar-refractivity contribution in [1.82, 2.24) is 9.80 Å². The van der Waals surface area contributed by atoms with Crippen LogP contribution in [0.25, 0.3) is 0 Å². The van der Waals surface area contributed by atoms with Crippen LogP contribution in [-0.4, -0.2) is 47.3 Å². The van der Waals surface area contributed by atoms with E-state index in [0.29, 0.717) is 19.4 Å². The molecule has 0 N–H and O–H groups in total. The van der Waals surface area contributed by atoms with Gasteiger partial charge in [-0.3, -0.25) is 9.59 Å². The number of likely N-dealkylation sites (N-methyl/N-ethyl adjacent to an activating group) is 1. The molecule has 0 unspecified atom stereocenters. The largest absolute Gasteiger partial charge is 0.340 e. The van der Waals surface area contributed by atoms with Crippen LogP contribution in [0.5, 0.6) is 0 Å². The molecule has 2 saturated heterocycles. The van der Waals surface area contributed by atoms with E-state index in [-0.39, 0.29) is 17.4 Å². The maximum atomic E-state index is 12.4. The molecule has 3 heterocycles. The Kier molecular flexibility index (Phi) is 3.54. The summed E-state index contributed by atoms with van der Waals surface area (Å²) in [6.45, 7) is 1.53. The van der Waals surface area contributed by atoms with Crippen molar-refractivity contribution in [2.75, 3.05) is 20.1 Å². The number of amides is 2. The maximum Gasteiger partial charge on any atom is 0.227 e. The van der Waals surface area contributed by atoms with Gasteiger partial charge < -0.3 is 9.80 Å². The minimum atomic E-state index is -0.0976. The van der Waals surface area contributed by atoms with Crippen LogP contribution in [0.1, 0.15) is 31.2 Å². The predicted octanol–water partition coefficient (Wildman–Crippen LogP) is 1.90. The fourth-order valence-electron chi connectivity index (χ4n) is 3.42. The molecule has 0 saturated carbocycles. The molecule has 0 aliphatic carbocycles. The Bertz CT molecular complexity index is 514. The van der Waals surface area contributed by atoms with E-state index in [2.05, 4.69) is 0 Å². The monoisotopic (exact) mass is 292 g/mol. The molecule has 2 amide bonds. The highest BCUT2D eigenvalue weighted by atomic mass is 32.1. The molecule has 1 spiro atoms. The SMILES string of the molecule is CN1C(=O)CC[C@]12CCCN(C(=O)Cc1ccsc1)C2. The van der Waals surface area contributed by atoms with Gasteiger partial charge in [-0.1, -0.05) is 0 Å². The van der Waals surface area contributed by atoms with Crippen LogP contribution in [0.15, 0.2) is 16.8 Å². The van der Waals surface area contributed by atoms with E-state index in [1.807, 2.05) is 33.7 Å². The fraction of sp³-hybridized carbons (Fsp3) is 0.600. The third-order valence-corrected chi connectivity index (χ3v) is 5.47. The van der Waals surface area contributed by atoms with Crippen LogP contribution < -0.4 is 0 Å². The Morgan fingerprint density at radius 1 is 1.45 bits per heavy atom. The van der Waals surface area contributed by atoms with Crippen LogP contribution in [0.3, 0.4) is 0 Å². The average Bonchev–Trinajstić information content (AvgIpc) is 3.04. The maximum absolute atomic E-state index is 12.4. The summed E-state index contributed by atoms with van der Waals surface area (Å²) in [5.74, 6) is 0.410. The molecule has 0 bridgehead atoms. The Morgan fingerprint density at radius 2 is 2.30 bits per heavy atom. The molecule has 108 valence electrons. The number of carbonyl (C=O) groups is 2. The number of hydrogen-bond donors (Lipinski definition) is 0. The molecule has 2 aliphatic rings. The molecule has 1 atom stereocenters. The summed E-state index contributed by atoms with van der Waals surface area (Å²) in [5, 5.41) is 4.03. The van der Waals surface area contributed by atoms with Crippen molar-refractivity contribution >= 4 is 23.2 Å². The topological polar surface area (TPSA) is 40.6 Å². The van der Waals surface area contributed by atoms with Crippen LogP contribution >= 0.6 is 11.3 Å². The Balaban J connectivity index is 1.69. The second kappa shape index (κ2) is 5.20. The van der Waals surface area contributed by atoms with Crippen LogP contribution in [0.2, 0.25) is 0 Å². The molecule has 3 rings (SSSR count). The lowest BCUT2D eigenvalue weighted by Gasteiger charge is -2.44. The third-order valence-electron chi connectivity index (χ3n) is 4.73. The van der Waals surface area contributed by atoms with E-state index in [1.165, 1.54) is 0 Å². The van der Waals surface area contributed by atoms with Gasteiger partial charge in [0.05, 0.1) is 12.0 Å². The van der Waals surface area contributed by atoms with Gasteiger partial charge in [-0.05, 0) is 41.7 Å². The molecule has 5 heteroatoms. The third kappa shape index (κ3) is 2.35. The summed E-state index contributed by atoms with van der Waals surface area (Å²) in [6, 6.07) is 2.01. The number of likely N-dealkylation sites (tertiary alicyclic amines) is 2. The molecule has 0 radical (unpaired) electrons. The number of hydrogen-bond acceptors (Lipinski definition) is 3. The first-order valence-corrected chi connectivity index (χ1v) is 8.10. The van der Waals surface area contributed by atoms with E-state index >= 15 is 0 Å². The number of carbonyl (C=O) groups excluding carboxylic acids is 2. The summed E-state index contributed by atoms with van der Waals surface area (Å²) in [5.41, 5.74) is 0.995. The van der Waals surface area contributed by atoms with E-state index in [0.717, 1.165) is 31.4 Å². The number of piperidine rings is 1. The summed E-state index contributed by atoms with van der Waals surface area (Å²) in [4.78, 5) is 28.1. The van der Waals surface area contributed by atoms with Crippen molar-refractivity contribution < 1.29 is 9.59 Å². The summed E-state index contributed by atoms with van der Waals surface area (Å²) < 4.78 is 0. The zero-order valence-electron chi connectivity index (χ0n) is 11.8. The van der Waals surface area contributed by atoms with Crippen molar-refractivity contribution in [2.45, 2.75) is 37.6 Å². The van der Waals surface area contributed by atoms with E-state index in [1.54, 1.807) is 11.3 Å². The molecular formula is C15H20N2O2S. The van der Waals surface area contributed by atoms with Crippen molar-refractivity contribution in [3.8, 4) is 0 Å². The molecule has 1 aromatic rings. The van der Waals surface area contributed by atoms with Crippen molar-refractivity contribution in [1.29, 1.82) is 0 Å². The number of rotatable bonds is 2. The van der Waals surface area contributed by atoms with E-state index < -0.39 is 0 Å². The number of nitrogens with zero attached hydrogens (tertiary/aromatic N) is 2. The molecule has 2 fully saturated rings. The van der Waals surface area contributed by atoms with Gasteiger partial charge in [-0.15, -0.1) is 0 Å². The Labute approximate surface area is 123 Å². The van der Waals surface area contributed by atoms with Crippen LogP contribution in [0.4, 0.5) is 0 Å². The Hall–Kier alpha value is -1.36. The first kappa shape index (κ1) is 13.6. The smallest absolute Gasteiger partial charge is 0.227 e. The van der Waals surface area contributed by atoms with Gasteiger partial charge in [0.2, 0.25) is 11.8 Å². The van der Waals surface area contributed by atoms with Gasteiger partial charge in [0.25, 0.3) is 0 Å².